The maximum absolute atomic E-state index is 12.9. The fraction of sp³-hybridized carbons (Fsp3) is 1.00. The van der Waals surface area contributed by atoms with Gasteiger partial charge in [-0.25, -0.2) is 8.78 Å². The van der Waals surface area contributed by atoms with Gasteiger partial charge in [-0.15, -0.1) is 0 Å². The van der Waals surface area contributed by atoms with Crippen LogP contribution in [-0.2, 0) is 0 Å². The molecule has 12 heavy (non-hydrogen) atoms. The molecule has 0 aromatic carbocycles. The number of nitrogens with zero attached hydrogens (tertiary/aromatic N) is 1. The summed E-state index contributed by atoms with van der Waals surface area (Å²) in [6, 6.07) is -0.280. The first-order valence-electron chi connectivity index (χ1n) is 4.02. The molecule has 1 rings (SSSR count). The van der Waals surface area contributed by atoms with E-state index in [4.69, 9.17) is 5.11 Å². The van der Waals surface area contributed by atoms with Crippen molar-refractivity contribution in [1.82, 2.24) is 4.90 Å². The number of hydrogen-bond donors (Lipinski definition) is 1. The maximum Gasteiger partial charge on any atom is 0.258 e. The van der Waals surface area contributed by atoms with E-state index in [0.717, 1.165) is 0 Å². The molecule has 1 fully saturated rings. The van der Waals surface area contributed by atoms with Gasteiger partial charge in [0.2, 0.25) is 0 Å². The largest absolute Gasteiger partial charge is 0.395 e. The Morgan fingerprint density at radius 3 is 2.00 bits per heavy atom. The first-order chi connectivity index (χ1) is 5.37. The topological polar surface area (TPSA) is 23.5 Å². The van der Waals surface area contributed by atoms with E-state index in [9.17, 15) is 8.78 Å². The fourth-order valence-corrected chi connectivity index (χ4v) is 1.60. The van der Waals surface area contributed by atoms with Gasteiger partial charge in [0.15, 0.2) is 0 Å². The molecule has 0 saturated heterocycles. The number of alkyl halides is 2. The van der Waals surface area contributed by atoms with Gasteiger partial charge in [-0.3, -0.25) is 0 Å². The molecule has 2 atom stereocenters. The summed E-state index contributed by atoms with van der Waals surface area (Å²) in [6.07, 6.45) is -0.185. The molecular formula is C8H15F2NO. The molecular weight excluding hydrogens is 164 g/mol. The molecule has 0 aromatic heterocycles. The number of aliphatic hydroxyl groups is 1. The van der Waals surface area contributed by atoms with Gasteiger partial charge in [0.25, 0.3) is 5.92 Å². The first-order valence-corrected chi connectivity index (χ1v) is 4.02. The molecule has 4 heteroatoms. The molecule has 0 aliphatic heterocycles. The highest BCUT2D eigenvalue weighted by atomic mass is 19.3. The van der Waals surface area contributed by atoms with Gasteiger partial charge in [0.1, 0.15) is 0 Å². The van der Waals surface area contributed by atoms with Crippen molar-refractivity contribution in [1.29, 1.82) is 0 Å². The van der Waals surface area contributed by atoms with Crippen LogP contribution in [0.3, 0.4) is 0 Å². The van der Waals surface area contributed by atoms with Crippen LogP contribution in [0, 0.1) is 5.41 Å². The quantitative estimate of drug-likeness (QED) is 0.697. The van der Waals surface area contributed by atoms with E-state index in [1.54, 1.807) is 25.9 Å². The highest BCUT2D eigenvalue weighted by molar-refractivity contribution is 5.14. The van der Waals surface area contributed by atoms with Crippen LogP contribution in [0.2, 0.25) is 0 Å². The van der Waals surface area contributed by atoms with Crippen LogP contribution in [0.1, 0.15) is 13.3 Å². The number of halogens is 2. The molecule has 0 aromatic rings. The minimum atomic E-state index is -2.68. The molecule has 0 heterocycles. The van der Waals surface area contributed by atoms with Crippen LogP contribution in [-0.4, -0.2) is 42.7 Å². The van der Waals surface area contributed by atoms with E-state index in [2.05, 4.69) is 0 Å². The fourth-order valence-electron chi connectivity index (χ4n) is 1.60. The zero-order chi connectivity index (χ0) is 9.57. The van der Waals surface area contributed by atoms with Gasteiger partial charge in [-0.2, -0.15) is 0 Å². The van der Waals surface area contributed by atoms with Crippen LogP contribution in [0.5, 0.6) is 0 Å². The molecule has 0 spiro atoms. The summed E-state index contributed by atoms with van der Waals surface area (Å²) in [4.78, 5) is 1.72. The smallest absolute Gasteiger partial charge is 0.258 e. The third-order valence-electron chi connectivity index (χ3n) is 3.00. The predicted molar refractivity (Wildman–Crippen MR) is 42.2 cm³/mol. The molecule has 1 saturated carbocycles. The van der Waals surface area contributed by atoms with Crippen molar-refractivity contribution in [3.63, 3.8) is 0 Å². The van der Waals surface area contributed by atoms with Crippen LogP contribution < -0.4 is 0 Å². The second-order valence-electron chi connectivity index (χ2n) is 3.84. The standard InChI is InChI=1S/C8H15F2NO/c1-6(11(2)3)7(5-12)4-8(7,9)10/h6,12H,4-5H2,1-3H3/t6-,7-/m0/s1. The lowest BCUT2D eigenvalue weighted by Gasteiger charge is -2.27. The average Bonchev–Trinajstić information content (AvgIpc) is 2.53. The Kier molecular flexibility index (Phi) is 2.17. The Bertz CT molecular complexity index is 184. The third-order valence-corrected chi connectivity index (χ3v) is 3.00. The van der Waals surface area contributed by atoms with E-state index < -0.39 is 17.9 Å². The molecule has 0 amide bonds. The summed E-state index contributed by atoms with van der Waals surface area (Å²) in [5.41, 5.74) is -1.18. The lowest BCUT2D eigenvalue weighted by atomic mass is 9.97. The Morgan fingerprint density at radius 1 is 1.50 bits per heavy atom. The van der Waals surface area contributed by atoms with Crippen molar-refractivity contribution < 1.29 is 13.9 Å². The molecule has 1 aliphatic rings. The van der Waals surface area contributed by atoms with Crippen molar-refractivity contribution in [2.45, 2.75) is 25.3 Å². The second kappa shape index (κ2) is 2.64. The van der Waals surface area contributed by atoms with E-state index in [0.29, 0.717) is 0 Å². The van der Waals surface area contributed by atoms with Gasteiger partial charge >= 0.3 is 0 Å². The van der Waals surface area contributed by atoms with Crippen LogP contribution in [0.25, 0.3) is 0 Å². The molecule has 0 bridgehead atoms. The Hall–Kier alpha value is -0.220. The van der Waals surface area contributed by atoms with Gasteiger partial charge in [0.05, 0.1) is 12.0 Å². The van der Waals surface area contributed by atoms with Gasteiger partial charge < -0.3 is 10.0 Å². The van der Waals surface area contributed by atoms with E-state index in [1.165, 1.54) is 0 Å². The first kappa shape index (κ1) is 9.86. The Morgan fingerprint density at radius 2 is 1.92 bits per heavy atom. The summed E-state index contributed by atoms with van der Waals surface area (Å²) >= 11 is 0. The zero-order valence-corrected chi connectivity index (χ0v) is 7.64. The van der Waals surface area contributed by atoms with Crippen molar-refractivity contribution in [3.8, 4) is 0 Å². The molecule has 2 nitrogen and oxygen atoms in total. The Labute approximate surface area is 71.2 Å². The minimum Gasteiger partial charge on any atom is -0.395 e. The zero-order valence-electron chi connectivity index (χ0n) is 7.64. The lowest BCUT2D eigenvalue weighted by molar-refractivity contribution is 0.00157. The summed E-state index contributed by atoms with van der Waals surface area (Å²) in [5, 5.41) is 8.90. The number of hydrogen-bond acceptors (Lipinski definition) is 2. The average molecular weight is 179 g/mol. The van der Waals surface area contributed by atoms with Gasteiger partial charge in [-0.1, -0.05) is 0 Å². The predicted octanol–water partition coefficient (Wildman–Crippen LogP) is 0.954. The molecule has 72 valence electrons. The van der Waals surface area contributed by atoms with Crippen molar-refractivity contribution >= 4 is 0 Å². The lowest BCUT2D eigenvalue weighted by Crippen LogP contribution is -2.39. The number of rotatable bonds is 3. The maximum atomic E-state index is 12.9. The molecule has 0 unspecified atom stereocenters. The monoisotopic (exact) mass is 179 g/mol. The van der Waals surface area contributed by atoms with Crippen molar-refractivity contribution in [2.24, 2.45) is 5.41 Å². The van der Waals surface area contributed by atoms with Crippen LogP contribution in [0.15, 0.2) is 0 Å². The minimum absolute atomic E-state index is 0.185. The van der Waals surface area contributed by atoms with Crippen LogP contribution >= 0.6 is 0 Å². The highest BCUT2D eigenvalue weighted by Gasteiger charge is 2.73. The van der Waals surface area contributed by atoms with Gasteiger partial charge in [0, 0.05) is 12.5 Å². The SMILES string of the molecule is C[C@H](N(C)C)[C@@]1(CO)CC1(F)F. The van der Waals surface area contributed by atoms with Crippen molar-refractivity contribution in [3.05, 3.63) is 0 Å². The summed E-state index contributed by atoms with van der Waals surface area (Å²) in [6.45, 7) is 1.29. The second-order valence-corrected chi connectivity index (χ2v) is 3.84. The summed E-state index contributed by atoms with van der Waals surface area (Å²) in [7, 11) is 3.49. The van der Waals surface area contributed by atoms with E-state index in [-0.39, 0.29) is 12.5 Å². The van der Waals surface area contributed by atoms with Gasteiger partial charge in [-0.05, 0) is 21.0 Å². The molecule has 1 aliphatic carbocycles. The van der Waals surface area contributed by atoms with E-state index in [1.807, 2.05) is 0 Å². The molecule has 0 radical (unpaired) electrons. The third kappa shape index (κ3) is 1.13. The van der Waals surface area contributed by atoms with E-state index >= 15 is 0 Å². The Balaban J connectivity index is 2.72. The summed E-state index contributed by atoms with van der Waals surface area (Å²) < 4.78 is 25.8. The van der Waals surface area contributed by atoms with Crippen molar-refractivity contribution in [2.75, 3.05) is 20.7 Å². The van der Waals surface area contributed by atoms with Crippen LogP contribution in [0.4, 0.5) is 8.78 Å². The molecule has 1 N–H and O–H groups in total. The highest BCUT2D eigenvalue weighted by Crippen LogP contribution is 2.62. The summed E-state index contributed by atoms with van der Waals surface area (Å²) in [5.74, 6) is -2.68. The normalized spacial score (nSPS) is 35.2. The number of aliphatic hydroxyl groups excluding tert-OH is 1.